The van der Waals surface area contributed by atoms with E-state index in [-0.39, 0.29) is 37.4 Å². The molecule has 2 aliphatic carbocycles. The fraction of sp³-hybridized carbons (Fsp3) is 0.737. The second-order valence-electron chi connectivity index (χ2n) is 7.91. The van der Waals surface area contributed by atoms with E-state index in [1.165, 1.54) is 32.1 Å². The first-order chi connectivity index (χ1) is 12.1. The molecule has 26 heavy (non-hydrogen) atoms. The smallest absolute Gasteiger partial charge is 0.224 e. The van der Waals surface area contributed by atoms with Crippen LogP contribution in [-0.4, -0.2) is 51.6 Å². The molecule has 3 aliphatic rings. The minimum absolute atomic E-state index is 0. The number of carbonyl (C=O) groups excluding carboxylic acids is 1. The monoisotopic (exact) mass is 380 g/mol. The van der Waals surface area contributed by atoms with Gasteiger partial charge in [-0.25, -0.2) is 9.97 Å². The van der Waals surface area contributed by atoms with Gasteiger partial charge in [0.15, 0.2) is 0 Å². The molecule has 4 rings (SSSR count). The van der Waals surface area contributed by atoms with Gasteiger partial charge < -0.3 is 15.3 Å². The predicted octanol–water partition coefficient (Wildman–Crippen LogP) is 2.51. The zero-order valence-corrected chi connectivity index (χ0v) is 16.2. The van der Waals surface area contributed by atoms with E-state index in [1.807, 2.05) is 11.8 Å². The molecule has 0 aromatic carbocycles. The second-order valence-corrected chi connectivity index (χ2v) is 7.91. The van der Waals surface area contributed by atoms with Gasteiger partial charge in [-0.05, 0) is 44.6 Å². The van der Waals surface area contributed by atoms with Crippen molar-refractivity contribution in [1.82, 2.24) is 14.9 Å². The van der Waals surface area contributed by atoms with Crippen molar-refractivity contribution in [3.63, 3.8) is 0 Å². The SMILES string of the molecule is Cc1cc(C2CCC2)nc(N[C@H]2CN(C(=O)CCO)C[C@@H]2C2CC2)n1.Cl. The molecule has 0 spiro atoms. The van der Waals surface area contributed by atoms with Crippen LogP contribution in [0.2, 0.25) is 0 Å². The summed E-state index contributed by atoms with van der Waals surface area (Å²) in [6.07, 6.45) is 6.49. The molecule has 6 nitrogen and oxygen atoms in total. The van der Waals surface area contributed by atoms with E-state index in [9.17, 15) is 4.79 Å². The number of likely N-dealkylation sites (tertiary alicyclic amines) is 1. The first-order valence-electron chi connectivity index (χ1n) is 9.65. The van der Waals surface area contributed by atoms with Crippen LogP contribution in [0.1, 0.15) is 55.8 Å². The fourth-order valence-electron chi connectivity index (χ4n) is 4.18. The third kappa shape index (κ3) is 4.12. The Morgan fingerprint density at radius 2 is 2.04 bits per heavy atom. The van der Waals surface area contributed by atoms with Crippen LogP contribution in [0.5, 0.6) is 0 Å². The molecule has 1 aromatic heterocycles. The largest absolute Gasteiger partial charge is 0.396 e. The molecule has 1 aliphatic heterocycles. The molecule has 1 aromatic rings. The fourth-order valence-corrected chi connectivity index (χ4v) is 4.18. The molecular formula is C19H29ClN4O2. The lowest BCUT2D eigenvalue weighted by Gasteiger charge is -2.26. The van der Waals surface area contributed by atoms with Crippen molar-refractivity contribution >= 4 is 24.3 Å². The zero-order valence-electron chi connectivity index (χ0n) is 15.4. The Hall–Kier alpha value is -1.40. The molecule has 1 amide bonds. The number of amides is 1. The second kappa shape index (κ2) is 8.09. The lowest BCUT2D eigenvalue weighted by molar-refractivity contribution is -0.131. The number of halogens is 1. The Bertz CT molecular complexity index is 648. The number of anilines is 1. The van der Waals surface area contributed by atoms with Gasteiger partial charge in [0.2, 0.25) is 11.9 Å². The van der Waals surface area contributed by atoms with E-state index in [4.69, 9.17) is 10.1 Å². The van der Waals surface area contributed by atoms with Gasteiger partial charge in [0.05, 0.1) is 12.6 Å². The number of nitrogens with zero attached hydrogens (tertiary/aromatic N) is 3. The summed E-state index contributed by atoms with van der Waals surface area (Å²) in [4.78, 5) is 23.5. The molecule has 7 heteroatoms. The summed E-state index contributed by atoms with van der Waals surface area (Å²) in [7, 11) is 0. The number of aromatic nitrogens is 2. The number of hydrogen-bond donors (Lipinski definition) is 2. The lowest BCUT2D eigenvalue weighted by atomic mass is 9.83. The molecule has 2 saturated carbocycles. The average Bonchev–Trinajstić information content (AvgIpc) is 3.26. The van der Waals surface area contributed by atoms with Crippen molar-refractivity contribution in [2.75, 3.05) is 25.0 Å². The normalized spacial score (nSPS) is 25.5. The molecule has 2 atom stereocenters. The maximum Gasteiger partial charge on any atom is 0.224 e. The minimum Gasteiger partial charge on any atom is -0.396 e. The molecular weight excluding hydrogens is 352 g/mol. The van der Waals surface area contributed by atoms with Crippen molar-refractivity contribution in [2.45, 2.75) is 57.4 Å². The van der Waals surface area contributed by atoms with Crippen LogP contribution in [0.15, 0.2) is 6.07 Å². The summed E-state index contributed by atoms with van der Waals surface area (Å²) < 4.78 is 0. The van der Waals surface area contributed by atoms with Gasteiger partial charge in [-0.1, -0.05) is 6.42 Å². The van der Waals surface area contributed by atoms with Crippen molar-refractivity contribution in [3.8, 4) is 0 Å². The third-order valence-electron chi connectivity index (χ3n) is 5.98. The van der Waals surface area contributed by atoms with E-state index in [0.717, 1.165) is 17.9 Å². The van der Waals surface area contributed by atoms with Crippen molar-refractivity contribution in [2.24, 2.45) is 11.8 Å². The molecule has 144 valence electrons. The number of carbonyl (C=O) groups is 1. The predicted molar refractivity (Wildman–Crippen MR) is 103 cm³/mol. The number of aliphatic hydroxyl groups excluding tert-OH is 1. The van der Waals surface area contributed by atoms with Gasteiger partial charge in [-0.3, -0.25) is 4.79 Å². The summed E-state index contributed by atoms with van der Waals surface area (Å²) in [5.41, 5.74) is 2.17. The molecule has 3 fully saturated rings. The first kappa shape index (κ1) is 19.4. The van der Waals surface area contributed by atoms with Gasteiger partial charge in [0, 0.05) is 42.7 Å². The Labute approximate surface area is 161 Å². The Balaban J connectivity index is 0.00000196. The molecule has 0 bridgehead atoms. The highest BCUT2D eigenvalue weighted by Crippen LogP contribution is 2.42. The van der Waals surface area contributed by atoms with Gasteiger partial charge >= 0.3 is 0 Å². The molecule has 1 saturated heterocycles. The topological polar surface area (TPSA) is 78.4 Å². The molecule has 0 radical (unpaired) electrons. The van der Waals surface area contributed by atoms with Crippen LogP contribution in [0.4, 0.5) is 5.95 Å². The first-order valence-corrected chi connectivity index (χ1v) is 9.65. The van der Waals surface area contributed by atoms with Crippen molar-refractivity contribution in [3.05, 3.63) is 17.5 Å². The van der Waals surface area contributed by atoms with E-state index < -0.39 is 0 Å². The quantitative estimate of drug-likeness (QED) is 0.792. The van der Waals surface area contributed by atoms with Gasteiger partial charge in [-0.15, -0.1) is 12.4 Å². The lowest BCUT2D eigenvalue weighted by Crippen LogP contribution is -2.33. The standard InChI is InChI=1S/C19H28N4O2.ClH/c1-12-9-16(14-3-2-4-14)21-19(20-12)22-17-11-23(18(25)7-8-24)10-15(17)13-5-6-13;/h9,13-15,17,24H,2-8,10-11H2,1H3,(H,20,21,22);1H/t15-,17+;/m1./s1. The van der Waals surface area contributed by atoms with Crippen LogP contribution in [0, 0.1) is 18.8 Å². The van der Waals surface area contributed by atoms with Gasteiger partial charge in [-0.2, -0.15) is 0 Å². The Kier molecular flexibility index (Phi) is 6.03. The number of rotatable bonds is 6. The summed E-state index contributed by atoms with van der Waals surface area (Å²) in [5, 5.41) is 12.6. The van der Waals surface area contributed by atoms with E-state index >= 15 is 0 Å². The third-order valence-corrected chi connectivity index (χ3v) is 5.98. The maximum atomic E-state index is 12.2. The summed E-state index contributed by atoms with van der Waals surface area (Å²) in [6.45, 7) is 3.44. The van der Waals surface area contributed by atoms with E-state index in [0.29, 0.717) is 30.2 Å². The van der Waals surface area contributed by atoms with Crippen LogP contribution in [0.25, 0.3) is 0 Å². The number of aliphatic hydroxyl groups is 1. The van der Waals surface area contributed by atoms with Crippen molar-refractivity contribution < 1.29 is 9.90 Å². The zero-order chi connectivity index (χ0) is 17.4. The maximum absolute atomic E-state index is 12.2. The van der Waals surface area contributed by atoms with Gasteiger partial charge in [0.25, 0.3) is 0 Å². The highest BCUT2D eigenvalue weighted by Gasteiger charge is 2.44. The van der Waals surface area contributed by atoms with Crippen LogP contribution in [-0.2, 0) is 4.79 Å². The summed E-state index contributed by atoms with van der Waals surface area (Å²) in [5.74, 6) is 2.54. The van der Waals surface area contributed by atoms with Crippen molar-refractivity contribution in [1.29, 1.82) is 0 Å². The number of nitrogens with one attached hydrogen (secondary N) is 1. The van der Waals surface area contributed by atoms with Crippen LogP contribution >= 0.6 is 12.4 Å². The Morgan fingerprint density at radius 3 is 2.65 bits per heavy atom. The Morgan fingerprint density at radius 1 is 1.27 bits per heavy atom. The van der Waals surface area contributed by atoms with E-state index in [1.54, 1.807) is 0 Å². The molecule has 2 heterocycles. The average molecular weight is 381 g/mol. The number of hydrogen-bond acceptors (Lipinski definition) is 5. The summed E-state index contributed by atoms with van der Waals surface area (Å²) >= 11 is 0. The van der Waals surface area contributed by atoms with Gasteiger partial charge in [0.1, 0.15) is 0 Å². The highest BCUT2D eigenvalue weighted by molar-refractivity contribution is 5.85. The minimum atomic E-state index is -0.0761. The number of aryl methyl sites for hydroxylation is 1. The van der Waals surface area contributed by atoms with Crippen LogP contribution in [0.3, 0.4) is 0 Å². The summed E-state index contributed by atoms with van der Waals surface area (Å²) in [6, 6.07) is 2.32. The highest BCUT2D eigenvalue weighted by atomic mass is 35.5. The molecule has 2 N–H and O–H groups in total. The van der Waals surface area contributed by atoms with Crippen LogP contribution < -0.4 is 5.32 Å². The van der Waals surface area contributed by atoms with E-state index in [2.05, 4.69) is 16.4 Å². The molecule has 0 unspecified atom stereocenters.